The van der Waals surface area contributed by atoms with Crippen LogP contribution in [0, 0.1) is 0 Å². The van der Waals surface area contributed by atoms with Gasteiger partial charge in [0.2, 0.25) is 5.88 Å². The number of rotatable bonds is 5. The Balaban J connectivity index is 2.10. The van der Waals surface area contributed by atoms with Crippen LogP contribution in [0.4, 0.5) is 5.69 Å². The quantitative estimate of drug-likeness (QED) is 0.864. The molecule has 0 amide bonds. The molecule has 5 heteroatoms. The molecule has 0 aliphatic carbocycles. The van der Waals surface area contributed by atoms with E-state index in [0.29, 0.717) is 18.2 Å². The molecule has 0 saturated heterocycles. The molecule has 2 rings (SSSR count). The Morgan fingerprint density at radius 3 is 2.74 bits per heavy atom. The van der Waals surface area contributed by atoms with Gasteiger partial charge in [-0.25, -0.2) is 4.98 Å². The normalized spacial score (nSPS) is 10.0. The van der Waals surface area contributed by atoms with Crippen molar-refractivity contribution in [2.45, 2.75) is 6.54 Å². The highest BCUT2D eigenvalue weighted by Gasteiger charge is 2.06. The van der Waals surface area contributed by atoms with Crippen LogP contribution in [0.5, 0.6) is 17.4 Å². The Kier molecular flexibility index (Phi) is 4.07. The smallest absolute Gasteiger partial charge is 0.237 e. The highest BCUT2D eigenvalue weighted by Crippen LogP contribution is 2.26. The number of pyridine rings is 1. The van der Waals surface area contributed by atoms with Crippen LogP contribution in [0.2, 0.25) is 0 Å². The van der Waals surface area contributed by atoms with Crippen LogP contribution in [0.15, 0.2) is 36.5 Å². The van der Waals surface area contributed by atoms with Crippen LogP contribution >= 0.6 is 0 Å². The molecular formula is C14H16N2O3. The summed E-state index contributed by atoms with van der Waals surface area (Å²) in [4.78, 5) is 4.09. The van der Waals surface area contributed by atoms with E-state index in [9.17, 15) is 5.11 Å². The Hall–Kier alpha value is -2.43. The average molecular weight is 260 g/mol. The van der Waals surface area contributed by atoms with Gasteiger partial charge in [0.15, 0.2) is 0 Å². The minimum Gasteiger partial charge on any atom is -0.507 e. The lowest BCUT2D eigenvalue weighted by Crippen LogP contribution is -2.02. The summed E-state index contributed by atoms with van der Waals surface area (Å²) in [5, 5.41) is 13.0. The largest absolute Gasteiger partial charge is 0.507 e. The lowest BCUT2D eigenvalue weighted by Gasteiger charge is -2.11. The van der Waals surface area contributed by atoms with Crippen LogP contribution in [0.25, 0.3) is 0 Å². The van der Waals surface area contributed by atoms with Gasteiger partial charge in [-0.3, -0.25) is 0 Å². The fraction of sp³-hybridized carbons (Fsp3) is 0.214. The van der Waals surface area contributed by atoms with Crippen molar-refractivity contribution < 1.29 is 14.6 Å². The van der Waals surface area contributed by atoms with Crippen LogP contribution in [0.1, 0.15) is 5.56 Å². The van der Waals surface area contributed by atoms with E-state index in [-0.39, 0.29) is 5.75 Å². The first-order valence-electron chi connectivity index (χ1n) is 5.83. The van der Waals surface area contributed by atoms with Gasteiger partial charge >= 0.3 is 0 Å². The number of phenols is 1. The zero-order valence-corrected chi connectivity index (χ0v) is 10.9. The number of hydrogen-bond acceptors (Lipinski definition) is 5. The molecular weight excluding hydrogens is 244 g/mol. The predicted octanol–water partition coefficient (Wildman–Crippen LogP) is 2.42. The third kappa shape index (κ3) is 3.07. The van der Waals surface area contributed by atoms with Crippen molar-refractivity contribution in [3.8, 4) is 17.4 Å². The highest BCUT2D eigenvalue weighted by molar-refractivity contribution is 5.53. The molecule has 1 aromatic carbocycles. The third-order valence-electron chi connectivity index (χ3n) is 2.73. The van der Waals surface area contributed by atoms with Crippen molar-refractivity contribution in [3.63, 3.8) is 0 Å². The minimum atomic E-state index is 0.190. The molecule has 0 aliphatic heterocycles. The number of hydrogen-bond donors (Lipinski definition) is 2. The lowest BCUT2D eigenvalue weighted by molar-refractivity contribution is 0.399. The maximum atomic E-state index is 9.86. The molecule has 100 valence electrons. The van der Waals surface area contributed by atoms with Crippen molar-refractivity contribution in [1.29, 1.82) is 0 Å². The van der Waals surface area contributed by atoms with E-state index in [1.807, 2.05) is 18.2 Å². The van der Waals surface area contributed by atoms with Crippen LogP contribution in [0.3, 0.4) is 0 Å². The lowest BCUT2D eigenvalue weighted by atomic mass is 10.2. The monoisotopic (exact) mass is 260 g/mol. The number of nitrogens with one attached hydrogen (secondary N) is 1. The fourth-order valence-electron chi connectivity index (χ4n) is 1.70. The maximum absolute atomic E-state index is 9.86. The van der Waals surface area contributed by atoms with Crippen LogP contribution < -0.4 is 14.8 Å². The van der Waals surface area contributed by atoms with E-state index in [1.165, 1.54) is 0 Å². The van der Waals surface area contributed by atoms with Gasteiger partial charge in [-0.2, -0.15) is 0 Å². The van der Waals surface area contributed by atoms with Crippen LogP contribution in [-0.4, -0.2) is 24.3 Å². The summed E-state index contributed by atoms with van der Waals surface area (Å²) in [6, 6.07) is 8.88. The molecule has 0 atom stereocenters. The average Bonchev–Trinajstić information content (AvgIpc) is 2.46. The molecule has 0 radical (unpaired) electrons. The van der Waals surface area contributed by atoms with Gasteiger partial charge in [0.05, 0.1) is 19.9 Å². The SMILES string of the molecule is COc1ccc(CNc2cccnc2OC)c(O)c1. The standard InChI is InChI=1S/C14H16N2O3/c1-18-11-6-5-10(13(17)8-11)9-16-12-4-3-7-15-14(12)19-2/h3-8,16-17H,9H2,1-2H3. The molecule has 0 fully saturated rings. The molecule has 0 unspecified atom stereocenters. The topological polar surface area (TPSA) is 63.6 Å². The Bertz CT molecular complexity index is 558. The number of aromatic hydroxyl groups is 1. The Labute approximate surface area is 111 Å². The number of anilines is 1. The maximum Gasteiger partial charge on any atom is 0.237 e. The minimum absolute atomic E-state index is 0.190. The molecule has 5 nitrogen and oxygen atoms in total. The zero-order valence-electron chi connectivity index (χ0n) is 10.9. The molecule has 0 spiro atoms. The van der Waals surface area contributed by atoms with Gasteiger partial charge in [-0.05, 0) is 24.3 Å². The van der Waals surface area contributed by atoms with E-state index >= 15 is 0 Å². The summed E-state index contributed by atoms with van der Waals surface area (Å²) >= 11 is 0. The summed E-state index contributed by atoms with van der Waals surface area (Å²) < 4.78 is 10.2. The number of phenolic OH excluding ortho intramolecular Hbond substituents is 1. The van der Waals surface area contributed by atoms with Gasteiger partial charge in [0.25, 0.3) is 0 Å². The summed E-state index contributed by atoms with van der Waals surface area (Å²) in [7, 11) is 3.13. The van der Waals surface area contributed by atoms with Gasteiger partial charge in [0.1, 0.15) is 11.5 Å². The number of nitrogens with zero attached hydrogens (tertiary/aromatic N) is 1. The van der Waals surface area contributed by atoms with Gasteiger partial charge in [0, 0.05) is 24.4 Å². The molecule has 1 aromatic heterocycles. The molecule has 1 heterocycles. The van der Waals surface area contributed by atoms with Crippen molar-refractivity contribution in [1.82, 2.24) is 4.98 Å². The highest BCUT2D eigenvalue weighted by atomic mass is 16.5. The second-order valence-corrected chi connectivity index (χ2v) is 3.91. The second-order valence-electron chi connectivity index (χ2n) is 3.91. The first-order chi connectivity index (χ1) is 9.24. The van der Waals surface area contributed by atoms with Gasteiger partial charge in [-0.1, -0.05) is 0 Å². The number of aromatic nitrogens is 1. The number of methoxy groups -OCH3 is 2. The molecule has 0 saturated carbocycles. The Morgan fingerprint density at radius 2 is 2.05 bits per heavy atom. The first kappa shape index (κ1) is 13.0. The van der Waals surface area contributed by atoms with E-state index in [4.69, 9.17) is 9.47 Å². The van der Waals surface area contributed by atoms with Crippen molar-refractivity contribution in [2.24, 2.45) is 0 Å². The molecule has 0 bridgehead atoms. The van der Waals surface area contributed by atoms with Crippen molar-refractivity contribution in [3.05, 3.63) is 42.1 Å². The number of benzene rings is 1. The van der Waals surface area contributed by atoms with E-state index in [1.54, 1.807) is 32.5 Å². The van der Waals surface area contributed by atoms with Crippen molar-refractivity contribution in [2.75, 3.05) is 19.5 Å². The molecule has 19 heavy (non-hydrogen) atoms. The first-order valence-corrected chi connectivity index (χ1v) is 5.83. The Morgan fingerprint density at radius 1 is 1.21 bits per heavy atom. The van der Waals surface area contributed by atoms with Crippen LogP contribution in [-0.2, 0) is 6.54 Å². The molecule has 2 aromatic rings. The number of ether oxygens (including phenoxy) is 2. The van der Waals surface area contributed by atoms with E-state index in [0.717, 1.165) is 11.3 Å². The summed E-state index contributed by atoms with van der Waals surface area (Å²) in [5.41, 5.74) is 1.55. The molecule has 0 aliphatic rings. The second kappa shape index (κ2) is 5.95. The zero-order chi connectivity index (χ0) is 13.7. The summed E-state index contributed by atoms with van der Waals surface area (Å²) in [6.07, 6.45) is 1.66. The summed E-state index contributed by atoms with van der Waals surface area (Å²) in [6.45, 7) is 0.470. The summed E-state index contributed by atoms with van der Waals surface area (Å²) in [5.74, 6) is 1.34. The van der Waals surface area contributed by atoms with E-state index in [2.05, 4.69) is 10.3 Å². The van der Waals surface area contributed by atoms with Gasteiger partial charge < -0.3 is 19.9 Å². The van der Waals surface area contributed by atoms with E-state index < -0.39 is 0 Å². The predicted molar refractivity (Wildman–Crippen MR) is 72.8 cm³/mol. The molecule has 2 N–H and O–H groups in total. The third-order valence-corrected chi connectivity index (χ3v) is 2.73. The van der Waals surface area contributed by atoms with Crippen molar-refractivity contribution >= 4 is 5.69 Å². The fourth-order valence-corrected chi connectivity index (χ4v) is 1.70. The van der Waals surface area contributed by atoms with Gasteiger partial charge in [-0.15, -0.1) is 0 Å².